The van der Waals surface area contributed by atoms with Crippen LogP contribution >= 0.6 is 23.2 Å². The van der Waals surface area contributed by atoms with Gasteiger partial charge in [-0.3, -0.25) is 4.98 Å². The summed E-state index contributed by atoms with van der Waals surface area (Å²) < 4.78 is 2.36. The molecule has 0 spiro atoms. The molecule has 0 N–H and O–H groups in total. The lowest BCUT2D eigenvalue weighted by Crippen LogP contribution is -2.05. The molecule has 0 unspecified atom stereocenters. The van der Waals surface area contributed by atoms with Crippen LogP contribution in [0.4, 0.5) is 0 Å². The van der Waals surface area contributed by atoms with E-state index in [4.69, 9.17) is 23.2 Å². The molecule has 25 heavy (non-hydrogen) atoms. The topological polar surface area (TPSA) is 17.8 Å². The Morgan fingerprint density at radius 3 is 2.16 bits per heavy atom. The van der Waals surface area contributed by atoms with Crippen LogP contribution < -0.4 is 0 Å². The van der Waals surface area contributed by atoms with Crippen LogP contribution in [-0.4, -0.2) is 9.55 Å². The van der Waals surface area contributed by atoms with Gasteiger partial charge in [0.25, 0.3) is 0 Å². The Balaban J connectivity index is 2.25. The molecule has 0 saturated heterocycles. The summed E-state index contributed by atoms with van der Waals surface area (Å²) in [5.74, 6) is 0.408. The molecule has 0 aliphatic carbocycles. The SMILES string of the molecule is Cc1c(C(C)C)c(-c2cc(Cl)cc(Cl)c2)n(Cc2ccncc2)c1C. The number of benzene rings is 1. The molecule has 2 aromatic heterocycles. The first-order chi connectivity index (χ1) is 11.9. The van der Waals surface area contributed by atoms with E-state index in [1.54, 1.807) is 6.07 Å². The second kappa shape index (κ2) is 7.23. The van der Waals surface area contributed by atoms with Crippen molar-refractivity contribution in [2.24, 2.45) is 0 Å². The Bertz CT molecular complexity index is 876. The van der Waals surface area contributed by atoms with Crippen LogP contribution in [0, 0.1) is 13.8 Å². The van der Waals surface area contributed by atoms with Crippen molar-refractivity contribution in [2.45, 2.75) is 40.2 Å². The highest BCUT2D eigenvalue weighted by atomic mass is 35.5. The number of hydrogen-bond donors (Lipinski definition) is 0. The molecule has 1 aromatic carbocycles. The molecule has 3 rings (SSSR count). The van der Waals surface area contributed by atoms with Gasteiger partial charge in [-0.25, -0.2) is 0 Å². The molecule has 130 valence electrons. The van der Waals surface area contributed by atoms with Crippen LogP contribution in [0.1, 0.15) is 42.1 Å². The lowest BCUT2D eigenvalue weighted by Gasteiger charge is -2.16. The molecule has 0 bridgehead atoms. The van der Waals surface area contributed by atoms with E-state index in [1.807, 2.05) is 24.5 Å². The molecule has 4 heteroatoms. The molecule has 2 nitrogen and oxygen atoms in total. The maximum atomic E-state index is 6.29. The second-order valence-corrected chi connectivity index (χ2v) is 7.60. The number of halogens is 2. The van der Waals surface area contributed by atoms with E-state index in [1.165, 1.54) is 28.1 Å². The van der Waals surface area contributed by atoms with Crippen LogP contribution in [0.3, 0.4) is 0 Å². The Hall–Kier alpha value is -1.77. The van der Waals surface area contributed by atoms with Gasteiger partial charge in [0.1, 0.15) is 0 Å². The lowest BCUT2D eigenvalue weighted by molar-refractivity contribution is 0.774. The highest BCUT2D eigenvalue weighted by molar-refractivity contribution is 6.35. The second-order valence-electron chi connectivity index (χ2n) is 6.73. The van der Waals surface area contributed by atoms with Gasteiger partial charge in [-0.05, 0) is 66.8 Å². The van der Waals surface area contributed by atoms with Crippen molar-refractivity contribution in [3.8, 4) is 11.3 Å². The van der Waals surface area contributed by atoms with Gasteiger partial charge in [-0.1, -0.05) is 37.0 Å². The minimum Gasteiger partial charge on any atom is -0.340 e. The Morgan fingerprint density at radius 2 is 1.60 bits per heavy atom. The third-order valence-corrected chi connectivity index (χ3v) is 5.12. The number of rotatable bonds is 4. The standard InChI is InChI=1S/C21H22Cl2N2/c1-13(2)20-14(3)15(4)25(12-16-5-7-24-8-6-16)21(20)17-9-18(22)11-19(23)10-17/h5-11,13H,12H2,1-4H3. The zero-order valence-electron chi connectivity index (χ0n) is 15.0. The summed E-state index contributed by atoms with van der Waals surface area (Å²) in [4.78, 5) is 4.12. The van der Waals surface area contributed by atoms with E-state index in [0.717, 1.165) is 12.1 Å². The van der Waals surface area contributed by atoms with Gasteiger partial charge >= 0.3 is 0 Å². The maximum absolute atomic E-state index is 6.29. The first-order valence-electron chi connectivity index (χ1n) is 8.43. The number of nitrogens with zero attached hydrogens (tertiary/aromatic N) is 2. The third kappa shape index (κ3) is 3.61. The molecule has 2 heterocycles. The first-order valence-corrected chi connectivity index (χ1v) is 9.19. The Morgan fingerprint density at radius 1 is 1.00 bits per heavy atom. The zero-order chi connectivity index (χ0) is 18.1. The van der Waals surface area contributed by atoms with E-state index in [2.05, 4.69) is 49.4 Å². The minimum atomic E-state index is 0.408. The van der Waals surface area contributed by atoms with E-state index >= 15 is 0 Å². The molecule has 0 atom stereocenters. The van der Waals surface area contributed by atoms with E-state index in [-0.39, 0.29) is 0 Å². The summed E-state index contributed by atoms with van der Waals surface area (Å²) in [5.41, 5.74) is 7.43. The molecule has 0 saturated carbocycles. The van der Waals surface area contributed by atoms with E-state index < -0.39 is 0 Å². The summed E-state index contributed by atoms with van der Waals surface area (Å²) in [5, 5.41) is 1.31. The monoisotopic (exact) mass is 372 g/mol. The van der Waals surface area contributed by atoms with Crippen LogP contribution in [-0.2, 0) is 6.54 Å². The van der Waals surface area contributed by atoms with Crippen molar-refractivity contribution in [3.05, 3.63) is 75.2 Å². The molecular weight excluding hydrogens is 351 g/mol. The Labute approximate surface area is 159 Å². The summed E-state index contributed by atoms with van der Waals surface area (Å²) in [6.45, 7) is 9.63. The van der Waals surface area contributed by atoms with Gasteiger partial charge in [0.05, 0.1) is 5.69 Å². The van der Waals surface area contributed by atoms with Gasteiger partial charge < -0.3 is 4.57 Å². The summed E-state index contributed by atoms with van der Waals surface area (Å²) >= 11 is 12.6. The van der Waals surface area contributed by atoms with Crippen molar-refractivity contribution in [1.82, 2.24) is 9.55 Å². The molecule has 3 aromatic rings. The fourth-order valence-corrected chi connectivity index (χ4v) is 3.99. The molecule has 0 radical (unpaired) electrons. The van der Waals surface area contributed by atoms with Gasteiger partial charge in [-0.15, -0.1) is 0 Å². The predicted molar refractivity (Wildman–Crippen MR) is 107 cm³/mol. The maximum Gasteiger partial charge on any atom is 0.0524 e. The van der Waals surface area contributed by atoms with Crippen LogP contribution in [0.5, 0.6) is 0 Å². The van der Waals surface area contributed by atoms with Gasteiger partial charge in [0.15, 0.2) is 0 Å². The highest BCUT2D eigenvalue weighted by Gasteiger charge is 2.21. The molecule has 0 amide bonds. The quantitative estimate of drug-likeness (QED) is 0.501. The van der Waals surface area contributed by atoms with Crippen molar-refractivity contribution >= 4 is 23.2 Å². The Kier molecular flexibility index (Phi) is 5.21. The van der Waals surface area contributed by atoms with Crippen LogP contribution in [0.15, 0.2) is 42.7 Å². The lowest BCUT2D eigenvalue weighted by atomic mass is 9.95. The van der Waals surface area contributed by atoms with E-state index in [9.17, 15) is 0 Å². The molecule has 0 aliphatic heterocycles. The van der Waals surface area contributed by atoms with Crippen molar-refractivity contribution in [2.75, 3.05) is 0 Å². The van der Waals surface area contributed by atoms with Gasteiger partial charge in [0.2, 0.25) is 0 Å². The average Bonchev–Trinajstić information content (AvgIpc) is 2.80. The van der Waals surface area contributed by atoms with Crippen LogP contribution in [0.25, 0.3) is 11.3 Å². The van der Waals surface area contributed by atoms with Crippen molar-refractivity contribution < 1.29 is 0 Å². The van der Waals surface area contributed by atoms with Gasteiger partial charge in [-0.2, -0.15) is 0 Å². The first kappa shape index (κ1) is 18.0. The molecular formula is C21H22Cl2N2. The number of pyridine rings is 1. The molecule has 0 fully saturated rings. The normalized spacial score (nSPS) is 11.3. The summed E-state index contributed by atoms with van der Waals surface area (Å²) in [6, 6.07) is 9.88. The highest BCUT2D eigenvalue weighted by Crippen LogP contribution is 2.38. The predicted octanol–water partition coefficient (Wildman–Crippen LogP) is 6.65. The largest absolute Gasteiger partial charge is 0.340 e. The van der Waals surface area contributed by atoms with Crippen molar-refractivity contribution in [1.29, 1.82) is 0 Å². The van der Waals surface area contributed by atoms with Crippen molar-refractivity contribution in [3.63, 3.8) is 0 Å². The summed E-state index contributed by atoms with van der Waals surface area (Å²) in [7, 11) is 0. The number of aromatic nitrogens is 2. The minimum absolute atomic E-state index is 0.408. The summed E-state index contributed by atoms with van der Waals surface area (Å²) in [6.07, 6.45) is 3.67. The smallest absolute Gasteiger partial charge is 0.0524 e. The third-order valence-electron chi connectivity index (χ3n) is 4.68. The fraction of sp³-hybridized carbons (Fsp3) is 0.286. The fourth-order valence-electron chi connectivity index (χ4n) is 3.46. The van der Waals surface area contributed by atoms with Crippen LogP contribution in [0.2, 0.25) is 10.0 Å². The van der Waals surface area contributed by atoms with Gasteiger partial charge in [0, 0.05) is 40.2 Å². The average molecular weight is 373 g/mol. The molecule has 0 aliphatic rings. The zero-order valence-corrected chi connectivity index (χ0v) is 16.5. The van der Waals surface area contributed by atoms with E-state index in [0.29, 0.717) is 16.0 Å². The number of hydrogen-bond acceptors (Lipinski definition) is 1.